The Hall–Kier alpha value is -2.29. The number of phenolic OH excluding ortho intramolecular Hbond substituents is 1. The molecule has 0 amide bonds. The van der Waals surface area contributed by atoms with Crippen molar-refractivity contribution in [2.24, 2.45) is 5.41 Å². The zero-order valence-electron chi connectivity index (χ0n) is 18.0. The average Bonchev–Trinajstić information content (AvgIpc) is 2.74. The molecule has 1 fully saturated rings. The van der Waals surface area contributed by atoms with Crippen LogP contribution in [0, 0.1) is 5.41 Å². The normalized spacial score (nSPS) is 17.5. The maximum absolute atomic E-state index is 13.4. The molecule has 1 aliphatic rings. The predicted molar refractivity (Wildman–Crippen MR) is 117 cm³/mol. The zero-order chi connectivity index (χ0) is 20.9. The maximum atomic E-state index is 13.4. The van der Waals surface area contributed by atoms with Crippen molar-refractivity contribution in [3.05, 3.63) is 65.7 Å². The van der Waals surface area contributed by atoms with E-state index in [2.05, 4.69) is 19.1 Å². The molecule has 0 bridgehead atoms. The predicted octanol–water partition coefficient (Wildman–Crippen LogP) is 6.70. The van der Waals surface area contributed by atoms with Crippen LogP contribution in [0.2, 0.25) is 0 Å². The van der Waals surface area contributed by atoms with E-state index in [1.165, 1.54) is 6.42 Å². The Morgan fingerprint density at radius 3 is 2.24 bits per heavy atom. The van der Waals surface area contributed by atoms with Gasteiger partial charge in [0.05, 0.1) is 5.41 Å². The minimum atomic E-state index is -0.586. The van der Waals surface area contributed by atoms with Crippen molar-refractivity contribution in [3.63, 3.8) is 0 Å². The fraction of sp³-hybridized carbons (Fsp3) is 0.500. The number of phenols is 1. The van der Waals surface area contributed by atoms with E-state index in [0.29, 0.717) is 0 Å². The largest absolute Gasteiger partial charge is 0.508 e. The molecule has 0 saturated heterocycles. The van der Waals surface area contributed by atoms with E-state index < -0.39 is 11.0 Å². The van der Waals surface area contributed by atoms with Crippen LogP contribution in [0.3, 0.4) is 0 Å². The van der Waals surface area contributed by atoms with Crippen molar-refractivity contribution >= 4 is 5.97 Å². The molecule has 2 aromatic rings. The number of hydrogen-bond acceptors (Lipinski definition) is 3. The molecule has 0 spiro atoms. The van der Waals surface area contributed by atoms with E-state index in [1.807, 2.05) is 44.2 Å². The molecule has 1 saturated carbocycles. The minimum Gasteiger partial charge on any atom is -0.508 e. The van der Waals surface area contributed by atoms with Crippen molar-refractivity contribution in [2.45, 2.75) is 77.2 Å². The summed E-state index contributed by atoms with van der Waals surface area (Å²) in [7, 11) is 0. The van der Waals surface area contributed by atoms with Gasteiger partial charge in [0.15, 0.2) is 0 Å². The second-order valence-electron chi connectivity index (χ2n) is 9.10. The summed E-state index contributed by atoms with van der Waals surface area (Å²) in [5.41, 5.74) is 1.20. The van der Waals surface area contributed by atoms with Gasteiger partial charge in [0.2, 0.25) is 0 Å². The van der Waals surface area contributed by atoms with Crippen LogP contribution in [-0.4, -0.2) is 11.1 Å². The third-order valence-corrected chi connectivity index (χ3v) is 6.42. The first-order chi connectivity index (χ1) is 13.9. The van der Waals surface area contributed by atoms with Crippen LogP contribution < -0.4 is 0 Å². The number of aromatic hydroxyl groups is 1. The van der Waals surface area contributed by atoms with Crippen LogP contribution in [0.15, 0.2) is 54.6 Å². The minimum absolute atomic E-state index is 0.111. The standard InChI is InChI=1S/C26H34O3/c1-4-20(21-13-15-23(27)16-14-21)19-25(2,3)24(28)29-26(17-9-6-10-18-26)22-11-7-5-8-12-22/h5,7-8,11-16,20,27H,4,6,9-10,17-19H2,1-3H3. The van der Waals surface area contributed by atoms with Gasteiger partial charge in [-0.25, -0.2) is 0 Å². The van der Waals surface area contributed by atoms with Crippen LogP contribution in [0.25, 0.3) is 0 Å². The molecule has 1 aliphatic carbocycles. The maximum Gasteiger partial charge on any atom is 0.312 e. The Bertz CT molecular complexity index is 786. The van der Waals surface area contributed by atoms with Crippen LogP contribution in [0.5, 0.6) is 5.75 Å². The van der Waals surface area contributed by atoms with Crippen molar-refractivity contribution < 1.29 is 14.6 Å². The van der Waals surface area contributed by atoms with Crippen molar-refractivity contribution in [3.8, 4) is 5.75 Å². The summed E-state index contributed by atoms with van der Waals surface area (Å²) in [6.07, 6.45) is 6.83. The molecule has 1 atom stereocenters. The van der Waals surface area contributed by atoms with Gasteiger partial charge in [-0.1, -0.05) is 55.8 Å². The lowest BCUT2D eigenvalue weighted by atomic mass is 9.77. The number of hydrogen-bond donors (Lipinski definition) is 1. The number of rotatable bonds is 7. The second-order valence-corrected chi connectivity index (χ2v) is 9.10. The van der Waals surface area contributed by atoms with Gasteiger partial charge >= 0.3 is 5.97 Å². The summed E-state index contributed by atoms with van der Waals surface area (Å²) >= 11 is 0. The van der Waals surface area contributed by atoms with E-state index in [0.717, 1.165) is 49.7 Å². The third kappa shape index (κ3) is 5.01. The van der Waals surface area contributed by atoms with E-state index in [1.54, 1.807) is 12.1 Å². The van der Waals surface area contributed by atoms with Crippen molar-refractivity contribution in [1.29, 1.82) is 0 Å². The highest BCUT2D eigenvalue weighted by molar-refractivity contribution is 5.76. The Labute approximate surface area is 175 Å². The van der Waals surface area contributed by atoms with Gasteiger partial charge in [-0.2, -0.15) is 0 Å². The molecule has 1 N–H and O–H groups in total. The lowest BCUT2D eigenvalue weighted by molar-refractivity contribution is -0.176. The van der Waals surface area contributed by atoms with Crippen LogP contribution in [0.4, 0.5) is 0 Å². The lowest BCUT2D eigenvalue weighted by Gasteiger charge is -2.40. The molecule has 3 heteroatoms. The number of carbonyl (C=O) groups excluding carboxylic acids is 1. The summed E-state index contributed by atoms with van der Waals surface area (Å²) < 4.78 is 6.35. The van der Waals surface area contributed by atoms with E-state index in [9.17, 15) is 9.90 Å². The van der Waals surface area contributed by atoms with Gasteiger partial charge in [0.1, 0.15) is 11.4 Å². The first kappa shape index (κ1) is 21.4. The molecule has 0 aromatic heterocycles. The Morgan fingerprint density at radius 1 is 1.03 bits per heavy atom. The number of esters is 1. The first-order valence-corrected chi connectivity index (χ1v) is 10.9. The average molecular weight is 395 g/mol. The topological polar surface area (TPSA) is 46.5 Å². The Morgan fingerprint density at radius 2 is 1.66 bits per heavy atom. The van der Waals surface area contributed by atoms with Crippen molar-refractivity contribution in [1.82, 2.24) is 0 Å². The molecule has 0 aliphatic heterocycles. The number of benzene rings is 2. The van der Waals surface area contributed by atoms with Crippen LogP contribution in [-0.2, 0) is 15.1 Å². The molecule has 3 rings (SSSR count). The summed E-state index contributed by atoms with van der Waals surface area (Å²) in [5, 5.41) is 9.58. The van der Waals surface area contributed by atoms with Crippen LogP contribution >= 0.6 is 0 Å². The first-order valence-electron chi connectivity index (χ1n) is 10.9. The fourth-order valence-corrected chi connectivity index (χ4v) is 4.57. The zero-order valence-corrected chi connectivity index (χ0v) is 18.0. The van der Waals surface area contributed by atoms with Gasteiger partial charge in [0, 0.05) is 0 Å². The molecule has 3 nitrogen and oxygen atoms in total. The van der Waals surface area contributed by atoms with Crippen molar-refractivity contribution in [2.75, 3.05) is 0 Å². The fourth-order valence-electron chi connectivity index (χ4n) is 4.57. The molecule has 0 radical (unpaired) electrons. The molecule has 29 heavy (non-hydrogen) atoms. The summed E-state index contributed by atoms with van der Waals surface area (Å²) in [4.78, 5) is 13.4. The highest BCUT2D eigenvalue weighted by Gasteiger charge is 2.42. The number of ether oxygens (including phenoxy) is 1. The summed E-state index contributed by atoms with van der Waals surface area (Å²) in [6, 6.07) is 17.6. The third-order valence-electron chi connectivity index (χ3n) is 6.42. The Balaban J connectivity index is 1.78. The molecule has 1 unspecified atom stereocenters. The highest BCUT2D eigenvalue weighted by Crippen LogP contribution is 2.43. The number of carbonyl (C=O) groups is 1. The van der Waals surface area contributed by atoms with Gasteiger partial charge in [-0.15, -0.1) is 0 Å². The quantitative estimate of drug-likeness (QED) is 0.531. The SMILES string of the molecule is CCC(CC(C)(C)C(=O)OC1(c2ccccc2)CCCCC1)c1ccc(O)cc1. The monoisotopic (exact) mass is 394 g/mol. The van der Waals surface area contributed by atoms with Crippen LogP contribution in [0.1, 0.15) is 82.8 Å². The van der Waals surface area contributed by atoms with E-state index >= 15 is 0 Å². The summed E-state index contributed by atoms with van der Waals surface area (Å²) in [6.45, 7) is 6.14. The van der Waals surface area contributed by atoms with Gasteiger partial charge in [0.25, 0.3) is 0 Å². The summed E-state index contributed by atoms with van der Waals surface area (Å²) in [5.74, 6) is 0.405. The Kier molecular flexibility index (Phi) is 6.66. The van der Waals surface area contributed by atoms with E-state index in [4.69, 9.17) is 4.74 Å². The molecular formula is C26H34O3. The van der Waals surface area contributed by atoms with Gasteiger partial charge in [-0.05, 0) is 81.5 Å². The van der Waals surface area contributed by atoms with E-state index in [-0.39, 0.29) is 17.6 Å². The molecule has 156 valence electrons. The molecule has 0 heterocycles. The second kappa shape index (κ2) is 9.02. The smallest absolute Gasteiger partial charge is 0.312 e. The molecule has 2 aromatic carbocycles. The molecular weight excluding hydrogens is 360 g/mol. The van der Waals surface area contributed by atoms with Gasteiger partial charge < -0.3 is 9.84 Å². The highest BCUT2D eigenvalue weighted by atomic mass is 16.6. The lowest BCUT2D eigenvalue weighted by Crippen LogP contribution is -2.40. The van der Waals surface area contributed by atoms with Gasteiger partial charge in [-0.3, -0.25) is 4.79 Å².